The molecule has 0 aromatic heterocycles. The number of aliphatic hydroxyl groups excluding tert-OH is 1. The lowest BCUT2D eigenvalue weighted by molar-refractivity contribution is 0.226. The number of nitrogens with one attached hydrogen (secondary N) is 2. The topological polar surface area (TPSA) is 64.6 Å². The summed E-state index contributed by atoms with van der Waals surface area (Å²) in [6.07, 6.45) is 2.54. The number of carbonyl (C=O) groups is 1. The fraction of sp³-hybridized carbons (Fsp3) is 0.562. The van der Waals surface area contributed by atoms with Gasteiger partial charge in [-0.25, -0.2) is 4.79 Å². The smallest absolute Gasteiger partial charge is 0.315 e. The zero-order valence-electron chi connectivity index (χ0n) is 12.9. The Labute approximate surface area is 136 Å². The summed E-state index contributed by atoms with van der Waals surface area (Å²) in [5, 5.41) is 15.5. The van der Waals surface area contributed by atoms with Gasteiger partial charge in [0.15, 0.2) is 0 Å². The summed E-state index contributed by atoms with van der Waals surface area (Å²) >= 11 is 6.25. The highest BCUT2D eigenvalue weighted by atomic mass is 35.5. The van der Waals surface area contributed by atoms with Crippen molar-refractivity contribution in [1.29, 1.82) is 0 Å². The number of hydrogen-bond donors (Lipinski definition) is 3. The number of urea groups is 1. The van der Waals surface area contributed by atoms with Crippen LogP contribution in [0.5, 0.6) is 0 Å². The number of anilines is 1. The minimum atomic E-state index is -0.174. The van der Waals surface area contributed by atoms with Crippen molar-refractivity contribution in [2.45, 2.75) is 38.3 Å². The highest BCUT2D eigenvalue weighted by Gasteiger charge is 2.23. The molecule has 1 unspecified atom stereocenters. The molecule has 22 heavy (non-hydrogen) atoms. The van der Waals surface area contributed by atoms with Crippen molar-refractivity contribution in [1.82, 2.24) is 10.6 Å². The monoisotopic (exact) mass is 325 g/mol. The van der Waals surface area contributed by atoms with E-state index in [4.69, 9.17) is 16.7 Å². The minimum absolute atomic E-state index is 0.0340. The molecule has 1 fully saturated rings. The van der Waals surface area contributed by atoms with Crippen LogP contribution in [0.3, 0.4) is 0 Å². The van der Waals surface area contributed by atoms with Crippen LogP contribution in [-0.4, -0.2) is 42.9 Å². The molecule has 0 aliphatic carbocycles. The van der Waals surface area contributed by atoms with Gasteiger partial charge < -0.3 is 20.6 Å². The van der Waals surface area contributed by atoms with Gasteiger partial charge >= 0.3 is 6.03 Å². The van der Waals surface area contributed by atoms with E-state index in [1.807, 2.05) is 31.2 Å². The van der Waals surface area contributed by atoms with Crippen molar-refractivity contribution in [2.24, 2.45) is 0 Å². The normalized spacial score (nSPS) is 19.6. The largest absolute Gasteiger partial charge is 0.396 e. The molecule has 1 aliphatic heterocycles. The summed E-state index contributed by atoms with van der Waals surface area (Å²) in [5.41, 5.74) is 1.02. The molecular formula is C16H24ClN3O2. The molecule has 0 radical (unpaired) electrons. The third kappa shape index (κ3) is 4.78. The summed E-state index contributed by atoms with van der Waals surface area (Å²) < 4.78 is 0. The maximum atomic E-state index is 12.0. The van der Waals surface area contributed by atoms with Gasteiger partial charge in [-0.3, -0.25) is 0 Å². The van der Waals surface area contributed by atoms with Crippen LogP contribution in [-0.2, 0) is 0 Å². The van der Waals surface area contributed by atoms with E-state index in [0.717, 1.165) is 36.6 Å². The lowest BCUT2D eigenvalue weighted by atomic mass is 10.0. The van der Waals surface area contributed by atoms with Gasteiger partial charge in [-0.15, -0.1) is 0 Å². The maximum absolute atomic E-state index is 12.0. The van der Waals surface area contributed by atoms with Crippen molar-refractivity contribution in [3.63, 3.8) is 0 Å². The number of halogens is 1. The zero-order chi connectivity index (χ0) is 15.9. The number of rotatable bonds is 5. The Hall–Kier alpha value is -1.46. The van der Waals surface area contributed by atoms with Gasteiger partial charge in [0.05, 0.1) is 10.7 Å². The molecule has 0 saturated carbocycles. The molecule has 2 atom stereocenters. The molecule has 1 aliphatic rings. The van der Waals surface area contributed by atoms with E-state index in [2.05, 4.69) is 15.5 Å². The summed E-state index contributed by atoms with van der Waals surface area (Å²) in [5.74, 6) is 0. The number of benzene rings is 1. The lowest BCUT2D eigenvalue weighted by Crippen LogP contribution is -2.52. The minimum Gasteiger partial charge on any atom is -0.396 e. The molecule has 1 heterocycles. The molecule has 2 amide bonds. The second kappa shape index (κ2) is 8.25. The number of amides is 2. The molecule has 1 aromatic carbocycles. The van der Waals surface area contributed by atoms with E-state index < -0.39 is 0 Å². The molecule has 0 bridgehead atoms. The molecule has 0 spiro atoms. The number of hydrogen-bond acceptors (Lipinski definition) is 3. The number of nitrogens with zero attached hydrogens (tertiary/aromatic N) is 1. The molecule has 1 aromatic rings. The van der Waals surface area contributed by atoms with Gasteiger partial charge in [-0.05, 0) is 38.3 Å². The first-order valence-electron chi connectivity index (χ1n) is 7.77. The van der Waals surface area contributed by atoms with Crippen LogP contribution in [0.4, 0.5) is 10.5 Å². The Morgan fingerprint density at radius 1 is 1.50 bits per heavy atom. The number of carbonyl (C=O) groups excluding carboxylic acids is 1. The molecule has 3 N–H and O–H groups in total. The van der Waals surface area contributed by atoms with Gasteiger partial charge in [0.1, 0.15) is 0 Å². The SMILES string of the molecule is C[C@H](CCO)NC(=O)NC1CCCN(c2ccccc2Cl)C1. The van der Waals surface area contributed by atoms with Crippen molar-refractivity contribution in [3.8, 4) is 0 Å². The third-order valence-electron chi connectivity index (χ3n) is 3.89. The Morgan fingerprint density at radius 2 is 2.27 bits per heavy atom. The van der Waals surface area contributed by atoms with E-state index in [-0.39, 0.29) is 24.7 Å². The quantitative estimate of drug-likeness (QED) is 0.779. The predicted molar refractivity (Wildman–Crippen MR) is 89.5 cm³/mol. The predicted octanol–water partition coefficient (Wildman–Crippen LogP) is 2.38. The third-order valence-corrected chi connectivity index (χ3v) is 4.21. The first-order valence-corrected chi connectivity index (χ1v) is 8.15. The maximum Gasteiger partial charge on any atom is 0.315 e. The van der Waals surface area contributed by atoms with Crippen LogP contribution in [0.1, 0.15) is 26.2 Å². The summed E-state index contributed by atoms with van der Waals surface area (Å²) in [6, 6.07) is 7.68. The van der Waals surface area contributed by atoms with Gasteiger partial charge in [0, 0.05) is 31.8 Å². The second-order valence-corrected chi connectivity index (χ2v) is 6.17. The fourth-order valence-electron chi connectivity index (χ4n) is 2.74. The number of aliphatic hydroxyl groups is 1. The van der Waals surface area contributed by atoms with Crippen LogP contribution in [0.25, 0.3) is 0 Å². The Kier molecular flexibility index (Phi) is 6.34. The average Bonchev–Trinajstić information content (AvgIpc) is 2.48. The molecule has 1 saturated heterocycles. The van der Waals surface area contributed by atoms with Crippen LogP contribution in [0, 0.1) is 0 Å². The van der Waals surface area contributed by atoms with Gasteiger partial charge in [-0.2, -0.15) is 0 Å². The Bertz CT molecular complexity index is 498. The Balaban J connectivity index is 1.88. The van der Waals surface area contributed by atoms with Gasteiger partial charge in [0.2, 0.25) is 0 Å². The highest BCUT2D eigenvalue weighted by Crippen LogP contribution is 2.27. The van der Waals surface area contributed by atoms with E-state index in [1.54, 1.807) is 0 Å². The number of piperidine rings is 1. The summed E-state index contributed by atoms with van der Waals surface area (Å²) in [7, 11) is 0. The molecule has 122 valence electrons. The van der Waals surface area contributed by atoms with Crippen LogP contribution >= 0.6 is 11.6 Å². The van der Waals surface area contributed by atoms with Crippen molar-refractivity contribution >= 4 is 23.3 Å². The first-order chi connectivity index (χ1) is 10.6. The van der Waals surface area contributed by atoms with Crippen molar-refractivity contribution in [2.75, 3.05) is 24.6 Å². The van der Waals surface area contributed by atoms with E-state index in [0.29, 0.717) is 6.42 Å². The molecule has 6 heteroatoms. The van der Waals surface area contributed by atoms with E-state index >= 15 is 0 Å². The second-order valence-electron chi connectivity index (χ2n) is 5.77. The summed E-state index contributed by atoms with van der Waals surface area (Å²) in [4.78, 5) is 14.2. The van der Waals surface area contributed by atoms with Crippen molar-refractivity contribution < 1.29 is 9.90 Å². The zero-order valence-corrected chi connectivity index (χ0v) is 13.6. The first kappa shape index (κ1) is 16.9. The standard InChI is InChI=1S/C16H24ClN3O2/c1-12(8-10-21)18-16(22)19-13-5-4-9-20(11-13)15-7-3-2-6-14(15)17/h2-3,6-7,12-13,21H,4-5,8-11H2,1H3,(H2,18,19,22)/t12-,13?/m1/s1. The van der Waals surface area contributed by atoms with Crippen molar-refractivity contribution in [3.05, 3.63) is 29.3 Å². The van der Waals surface area contributed by atoms with E-state index in [9.17, 15) is 4.79 Å². The van der Waals surface area contributed by atoms with E-state index in [1.165, 1.54) is 0 Å². The fourth-order valence-corrected chi connectivity index (χ4v) is 2.99. The molecule has 5 nitrogen and oxygen atoms in total. The van der Waals surface area contributed by atoms with Crippen LogP contribution in [0.2, 0.25) is 5.02 Å². The summed E-state index contributed by atoms with van der Waals surface area (Å²) in [6.45, 7) is 3.66. The van der Waals surface area contributed by atoms with Crippen LogP contribution in [0.15, 0.2) is 24.3 Å². The Morgan fingerprint density at radius 3 is 3.00 bits per heavy atom. The van der Waals surface area contributed by atoms with Crippen LogP contribution < -0.4 is 15.5 Å². The van der Waals surface area contributed by atoms with Gasteiger partial charge in [0.25, 0.3) is 0 Å². The van der Waals surface area contributed by atoms with Gasteiger partial charge in [-0.1, -0.05) is 23.7 Å². The average molecular weight is 326 g/mol. The molecule has 2 rings (SSSR count). The molecular weight excluding hydrogens is 302 g/mol. The number of para-hydroxylation sites is 1. The highest BCUT2D eigenvalue weighted by molar-refractivity contribution is 6.33. The lowest BCUT2D eigenvalue weighted by Gasteiger charge is -2.35.